The number of carboxylic acid groups (broad SMARTS) is 1. The van der Waals surface area contributed by atoms with Crippen LogP contribution in [0.15, 0.2) is 40.0 Å². The van der Waals surface area contributed by atoms with E-state index in [1.165, 1.54) is 0 Å². The zero-order valence-electron chi connectivity index (χ0n) is 9.77. The van der Waals surface area contributed by atoms with Gasteiger partial charge in [0.2, 0.25) is 0 Å². The average Bonchev–Trinajstić information content (AvgIpc) is 2.41. The van der Waals surface area contributed by atoms with Crippen LogP contribution in [0, 0.1) is 0 Å². The normalized spacial score (nSPS) is 14.8. The van der Waals surface area contributed by atoms with Gasteiger partial charge >= 0.3 is 11.9 Å². The first kappa shape index (κ1) is 13.6. The van der Waals surface area contributed by atoms with Crippen molar-refractivity contribution in [1.82, 2.24) is 10.6 Å². The Balaban J connectivity index is 2.18. The van der Waals surface area contributed by atoms with Crippen LogP contribution in [0.3, 0.4) is 0 Å². The van der Waals surface area contributed by atoms with Crippen LogP contribution < -0.4 is 15.4 Å². The molecule has 100 valence electrons. The van der Waals surface area contributed by atoms with Gasteiger partial charge < -0.3 is 15.2 Å². The van der Waals surface area contributed by atoms with Gasteiger partial charge in [0, 0.05) is 11.0 Å². The van der Waals surface area contributed by atoms with E-state index in [1.54, 1.807) is 24.3 Å². The Morgan fingerprint density at radius 3 is 2.58 bits per heavy atom. The minimum atomic E-state index is -1.15. The lowest BCUT2D eigenvalue weighted by Crippen LogP contribution is -2.42. The Kier molecular flexibility index (Phi) is 4.18. The molecule has 0 unspecified atom stereocenters. The van der Waals surface area contributed by atoms with Crippen LogP contribution >= 0.6 is 15.9 Å². The number of hydrogen-bond donors (Lipinski definition) is 3. The van der Waals surface area contributed by atoms with Gasteiger partial charge in [-0.15, -0.1) is 0 Å². The smallest absolute Gasteiger partial charge is 0.360 e. The molecule has 0 aliphatic carbocycles. The van der Waals surface area contributed by atoms with Crippen molar-refractivity contribution in [3.63, 3.8) is 0 Å². The van der Waals surface area contributed by atoms with Crippen LogP contribution in [-0.4, -0.2) is 30.3 Å². The number of esters is 1. The highest BCUT2D eigenvalue weighted by atomic mass is 79.9. The number of aliphatic carboxylic acids is 1. The quantitative estimate of drug-likeness (QED) is 0.563. The first-order valence-electron chi connectivity index (χ1n) is 5.46. The van der Waals surface area contributed by atoms with Crippen molar-refractivity contribution in [2.45, 2.75) is 0 Å². The molecule has 0 atom stereocenters. The molecule has 1 heterocycles. The van der Waals surface area contributed by atoms with Crippen molar-refractivity contribution in [3.05, 3.63) is 40.0 Å². The van der Waals surface area contributed by atoms with E-state index in [0.29, 0.717) is 12.4 Å². The first-order valence-corrected chi connectivity index (χ1v) is 6.26. The molecule has 2 rings (SSSR count). The molecule has 1 aromatic carbocycles. The summed E-state index contributed by atoms with van der Waals surface area (Å²) < 4.78 is 5.98. The molecule has 6 nitrogen and oxygen atoms in total. The van der Waals surface area contributed by atoms with E-state index in [4.69, 9.17) is 9.84 Å². The molecule has 0 spiro atoms. The fourth-order valence-corrected chi connectivity index (χ4v) is 1.84. The molecule has 0 radical (unpaired) electrons. The predicted molar refractivity (Wildman–Crippen MR) is 70.4 cm³/mol. The number of halogens is 1. The highest BCUT2D eigenvalue weighted by Crippen LogP contribution is 2.17. The number of hydrogen-bond acceptors (Lipinski definition) is 5. The van der Waals surface area contributed by atoms with E-state index in [9.17, 15) is 9.59 Å². The van der Waals surface area contributed by atoms with Gasteiger partial charge in [0.25, 0.3) is 0 Å². The fourth-order valence-electron chi connectivity index (χ4n) is 1.57. The molecule has 0 saturated heterocycles. The summed E-state index contributed by atoms with van der Waals surface area (Å²) >= 11 is 3.27. The summed E-state index contributed by atoms with van der Waals surface area (Å²) in [6.45, 7) is 0.439. The van der Waals surface area contributed by atoms with Gasteiger partial charge in [0.1, 0.15) is 11.4 Å². The lowest BCUT2D eigenvalue weighted by atomic mass is 10.1. The molecule has 0 fully saturated rings. The minimum absolute atomic E-state index is 0.0193. The van der Waals surface area contributed by atoms with Crippen LogP contribution in [0.4, 0.5) is 0 Å². The van der Waals surface area contributed by atoms with Crippen LogP contribution in [0.25, 0.3) is 0 Å². The molecule has 19 heavy (non-hydrogen) atoms. The third-order valence-corrected chi connectivity index (χ3v) is 3.01. The van der Waals surface area contributed by atoms with Crippen molar-refractivity contribution < 1.29 is 19.4 Å². The Morgan fingerprint density at radius 1 is 1.26 bits per heavy atom. The van der Waals surface area contributed by atoms with Crippen LogP contribution in [0.5, 0.6) is 5.75 Å². The monoisotopic (exact) mass is 326 g/mol. The van der Waals surface area contributed by atoms with Gasteiger partial charge in [-0.2, -0.15) is 0 Å². The molecule has 0 aromatic heterocycles. The third-order valence-electron chi connectivity index (χ3n) is 2.48. The van der Waals surface area contributed by atoms with E-state index in [2.05, 4.69) is 26.6 Å². The zero-order valence-corrected chi connectivity index (χ0v) is 11.4. The van der Waals surface area contributed by atoms with Gasteiger partial charge in [-0.1, -0.05) is 15.9 Å². The fraction of sp³-hybridized carbons (Fsp3) is 0.167. The number of ether oxygens (including phenoxy) is 1. The van der Waals surface area contributed by atoms with Gasteiger partial charge in [-0.3, -0.25) is 5.32 Å². The summed E-state index contributed by atoms with van der Waals surface area (Å²) in [5.41, 5.74) is -0.0532. The maximum atomic E-state index is 11.9. The number of carbonyl (C=O) groups excluding carboxylic acids is 1. The maximum Gasteiger partial charge on any atom is 0.360 e. The molecular weight excluding hydrogens is 316 g/mol. The number of nitrogens with one attached hydrogen (secondary N) is 2. The summed E-state index contributed by atoms with van der Waals surface area (Å²) in [5.74, 6) is -1.51. The van der Waals surface area contributed by atoms with E-state index < -0.39 is 11.9 Å². The average molecular weight is 327 g/mol. The summed E-state index contributed by atoms with van der Waals surface area (Å²) in [4.78, 5) is 22.9. The third kappa shape index (κ3) is 3.33. The van der Waals surface area contributed by atoms with E-state index in [-0.39, 0.29) is 17.8 Å². The van der Waals surface area contributed by atoms with Crippen LogP contribution in [0.1, 0.15) is 0 Å². The zero-order chi connectivity index (χ0) is 13.8. The minimum Gasteiger partial charge on any atom is -0.478 e. The van der Waals surface area contributed by atoms with E-state index >= 15 is 0 Å². The maximum absolute atomic E-state index is 11.9. The molecule has 0 saturated carbocycles. The molecule has 1 aliphatic heterocycles. The Morgan fingerprint density at radius 2 is 1.95 bits per heavy atom. The Labute approximate surface area is 117 Å². The van der Waals surface area contributed by atoms with E-state index in [0.717, 1.165) is 4.47 Å². The largest absolute Gasteiger partial charge is 0.478 e. The molecule has 7 heteroatoms. The van der Waals surface area contributed by atoms with Crippen molar-refractivity contribution in [3.8, 4) is 5.75 Å². The molecule has 1 aromatic rings. The standard InChI is InChI=1S/C12H11BrN2O4/c13-7-1-3-8(4-2-7)19-12(18)10-9(11(16)17)5-14-6-15-10/h1-4,14-15H,5-6H2,(H,16,17). The number of carbonyl (C=O) groups is 2. The molecule has 0 amide bonds. The summed E-state index contributed by atoms with van der Waals surface area (Å²) in [6, 6.07) is 6.68. The van der Waals surface area contributed by atoms with Crippen molar-refractivity contribution in [2.24, 2.45) is 0 Å². The van der Waals surface area contributed by atoms with Crippen LogP contribution in [0.2, 0.25) is 0 Å². The number of carboxylic acids is 1. The Hall–Kier alpha value is -1.86. The van der Waals surface area contributed by atoms with E-state index in [1.807, 2.05) is 0 Å². The topological polar surface area (TPSA) is 87.7 Å². The molecule has 3 N–H and O–H groups in total. The van der Waals surface area contributed by atoms with Gasteiger partial charge in [-0.05, 0) is 24.3 Å². The number of benzene rings is 1. The second-order valence-electron chi connectivity index (χ2n) is 3.78. The predicted octanol–water partition coefficient (Wildman–Crippen LogP) is 0.844. The highest BCUT2D eigenvalue weighted by molar-refractivity contribution is 9.10. The van der Waals surface area contributed by atoms with Gasteiger partial charge in [0.05, 0.1) is 12.2 Å². The van der Waals surface area contributed by atoms with Crippen molar-refractivity contribution >= 4 is 27.9 Å². The van der Waals surface area contributed by atoms with Gasteiger partial charge in [-0.25, -0.2) is 9.59 Å². The number of rotatable bonds is 3. The summed E-state index contributed by atoms with van der Waals surface area (Å²) in [7, 11) is 0. The van der Waals surface area contributed by atoms with Gasteiger partial charge in [0.15, 0.2) is 0 Å². The summed E-state index contributed by atoms with van der Waals surface area (Å²) in [5, 5.41) is 14.5. The van der Waals surface area contributed by atoms with Crippen molar-refractivity contribution in [1.29, 1.82) is 0 Å². The SMILES string of the molecule is O=C(O)C1=C(C(=O)Oc2ccc(Br)cc2)NCNC1. The van der Waals surface area contributed by atoms with Crippen molar-refractivity contribution in [2.75, 3.05) is 13.2 Å². The molecule has 0 bridgehead atoms. The Bertz CT molecular complexity index is 539. The van der Waals surface area contributed by atoms with Crippen LogP contribution in [-0.2, 0) is 9.59 Å². The highest BCUT2D eigenvalue weighted by Gasteiger charge is 2.24. The lowest BCUT2D eigenvalue weighted by molar-refractivity contribution is -0.135. The first-order chi connectivity index (χ1) is 9.08. The second-order valence-corrected chi connectivity index (χ2v) is 4.70. The second kappa shape index (κ2) is 5.85. The molecular formula is C12H11BrN2O4. The summed E-state index contributed by atoms with van der Waals surface area (Å²) in [6.07, 6.45) is 0. The lowest BCUT2D eigenvalue weighted by Gasteiger charge is -2.19. The molecule has 1 aliphatic rings.